The minimum Gasteiger partial charge on any atom is -0.462 e. The molecule has 0 radical (unpaired) electrons. The van der Waals surface area contributed by atoms with E-state index in [-0.39, 0.29) is 26.1 Å². The first-order valence-electron chi connectivity index (χ1n) is 21.5. The second kappa shape index (κ2) is 36.3. The molecule has 2 N–H and O–H groups in total. The van der Waals surface area contributed by atoms with Crippen molar-refractivity contribution < 1.29 is 47.2 Å². The summed E-state index contributed by atoms with van der Waals surface area (Å²) in [5, 5.41) is 10.3. The number of nitrogens with zero attached hydrogens (tertiary/aromatic N) is 1. The lowest BCUT2D eigenvalue weighted by atomic mass is 10.0. The summed E-state index contributed by atoms with van der Waals surface area (Å²) in [5.74, 6) is -1.00. The minimum atomic E-state index is -4.43. The second-order valence-corrected chi connectivity index (χ2v) is 17.0. The molecule has 0 spiro atoms. The van der Waals surface area contributed by atoms with Crippen LogP contribution in [0.2, 0.25) is 0 Å². The fraction of sp³-hybridized carbons (Fsp3) is 0.773. The first-order valence-corrected chi connectivity index (χ1v) is 23.0. The first-order chi connectivity index (χ1) is 26.4. The Hall–Kier alpha value is -2.07. The average molecular weight is 799 g/mol. The van der Waals surface area contributed by atoms with E-state index in [1.54, 1.807) is 12.2 Å². The van der Waals surface area contributed by atoms with Crippen molar-refractivity contribution in [3.63, 3.8) is 0 Å². The maximum Gasteiger partial charge on any atom is 0.472 e. The van der Waals surface area contributed by atoms with Gasteiger partial charge in [0.05, 0.1) is 33.9 Å². The highest BCUT2D eigenvalue weighted by Gasteiger charge is 2.27. The van der Waals surface area contributed by atoms with Gasteiger partial charge in [0.25, 0.3) is 0 Å². The van der Waals surface area contributed by atoms with Gasteiger partial charge in [0, 0.05) is 12.8 Å². The fourth-order valence-electron chi connectivity index (χ4n) is 5.53. The van der Waals surface area contributed by atoms with Gasteiger partial charge in [-0.15, -0.1) is 0 Å². The molecule has 3 unspecified atom stereocenters. The molecule has 11 heteroatoms. The van der Waals surface area contributed by atoms with Crippen molar-refractivity contribution in [3.8, 4) is 0 Å². The highest BCUT2D eigenvalue weighted by atomic mass is 31.2. The number of aliphatic hydroxyl groups is 1. The van der Waals surface area contributed by atoms with E-state index in [9.17, 15) is 24.2 Å². The second-order valence-electron chi connectivity index (χ2n) is 15.6. The Morgan fingerprint density at radius 3 is 1.82 bits per heavy atom. The number of esters is 2. The van der Waals surface area contributed by atoms with Crippen molar-refractivity contribution in [3.05, 3.63) is 48.6 Å². The Morgan fingerprint density at radius 2 is 1.20 bits per heavy atom. The SMILES string of the molecule is CCCCC/C=C/C/C=C/C/C=C/C=C/C(O)CCCC(=O)OC(COC(=O)CCCCCCCCCCCCCCC)COP(=O)(O)OCC[N+](C)(C)C. The number of quaternary nitrogens is 1. The summed E-state index contributed by atoms with van der Waals surface area (Å²) >= 11 is 0. The number of phosphoric acid groups is 1. The van der Waals surface area contributed by atoms with E-state index in [0.29, 0.717) is 30.3 Å². The molecule has 320 valence electrons. The fourth-order valence-corrected chi connectivity index (χ4v) is 6.27. The molecule has 55 heavy (non-hydrogen) atoms. The number of carbonyl (C=O) groups excluding carboxylic acids is 2. The first kappa shape index (κ1) is 52.9. The van der Waals surface area contributed by atoms with Gasteiger partial charge in [0.15, 0.2) is 6.10 Å². The Kier molecular flexibility index (Phi) is 34.9. The Labute approximate surface area is 336 Å². The number of ether oxygens (including phenoxy) is 2. The van der Waals surface area contributed by atoms with E-state index >= 15 is 0 Å². The zero-order valence-corrected chi connectivity index (χ0v) is 36.4. The maximum atomic E-state index is 12.7. The lowest BCUT2D eigenvalue weighted by Gasteiger charge is -2.24. The largest absolute Gasteiger partial charge is 0.472 e. The van der Waals surface area contributed by atoms with Gasteiger partial charge in [-0.05, 0) is 44.9 Å². The van der Waals surface area contributed by atoms with Crippen LogP contribution in [0.3, 0.4) is 0 Å². The number of carbonyl (C=O) groups is 2. The molecule has 0 rings (SSSR count). The molecule has 0 amide bonds. The predicted molar refractivity (Wildman–Crippen MR) is 226 cm³/mol. The van der Waals surface area contributed by atoms with Gasteiger partial charge in [-0.3, -0.25) is 18.6 Å². The van der Waals surface area contributed by atoms with Gasteiger partial charge in [-0.25, -0.2) is 4.57 Å². The van der Waals surface area contributed by atoms with Crippen LogP contribution in [0.25, 0.3) is 0 Å². The Balaban J connectivity index is 4.59. The van der Waals surface area contributed by atoms with Crippen molar-refractivity contribution in [2.24, 2.45) is 0 Å². The van der Waals surface area contributed by atoms with E-state index in [0.717, 1.165) is 38.5 Å². The Bertz CT molecular complexity index is 1100. The van der Waals surface area contributed by atoms with Crippen molar-refractivity contribution >= 4 is 19.8 Å². The van der Waals surface area contributed by atoms with Crippen molar-refractivity contribution in [2.45, 2.75) is 174 Å². The highest BCUT2D eigenvalue weighted by Crippen LogP contribution is 2.43. The molecule has 0 aliphatic rings. The molecule has 0 aliphatic heterocycles. The van der Waals surface area contributed by atoms with Gasteiger partial charge in [-0.1, -0.05) is 152 Å². The zero-order chi connectivity index (χ0) is 40.9. The summed E-state index contributed by atoms with van der Waals surface area (Å²) in [6, 6.07) is 0. The van der Waals surface area contributed by atoms with Gasteiger partial charge >= 0.3 is 19.8 Å². The van der Waals surface area contributed by atoms with Crippen LogP contribution in [-0.2, 0) is 32.7 Å². The number of hydrogen-bond donors (Lipinski definition) is 2. The lowest BCUT2D eigenvalue weighted by molar-refractivity contribution is -0.870. The summed E-state index contributed by atoms with van der Waals surface area (Å²) < 4.78 is 34.1. The maximum absolute atomic E-state index is 12.7. The van der Waals surface area contributed by atoms with Crippen molar-refractivity contribution in [2.75, 3.05) is 47.5 Å². The van der Waals surface area contributed by atoms with Crippen molar-refractivity contribution in [1.82, 2.24) is 0 Å². The summed E-state index contributed by atoms with van der Waals surface area (Å²) in [7, 11) is 1.36. The Morgan fingerprint density at radius 1 is 0.655 bits per heavy atom. The van der Waals surface area contributed by atoms with Crippen LogP contribution in [0.15, 0.2) is 48.6 Å². The molecule has 0 aromatic heterocycles. The van der Waals surface area contributed by atoms with E-state index in [1.807, 2.05) is 33.3 Å². The van der Waals surface area contributed by atoms with Crippen LogP contribution < -0.4 is 0 Å². The molecule has 0 aliphatic carbocycles. The normalized spacial score (nSPS) is 14.7. The molecular weight excluding hydrogens is 717 g/mol. The number of allylic oxidation sites excluding steroid dienone is 7. The van der Waals surface area contributed by atoms with Crippen LogP contribution in [0.4, 0.5) is 0 Å². The number of phosphoric ester groups is 1. The van der Waals surface area contributed by atoms with E-state index in [4.69, 9.17) is 18.5 Å². The number of aliphatic hydroxyl groups excluding tert-OH is 1. The third-order valence-electron chi connectivity index (χ3n) is 8.97. The van der Waals surface area contributed by atoms with E-state index in [2.05, 4.69) is 38.2 Å². The lowest BCUT2D eigenvalue weighted by Crippen LogP contribution is -2.37. The third-order valence-corrected chi connectivity index (χ3v) is 9.95. The molecule has 0 fully saturated rings. The number of unbranched alkanes of at least 4 members (excludes halogenated alkanes) is 15. The van der Waals surface area contributed by atoms with Gasteiger partial charge in [0.1, 0.15) is 19.8 Å². The molecule has 0 aromatic carbocycles. The highest BCUT2D eigenvalue weighted by molar-refractivity contribution is 7.47. The molecular formula is C44H81NO9P+. The minimum absolute atomic E-state index is 0.00339. The van der Waals surface area contributed by atoms with Gasteiger partial charge in [-0.2, -0.15) is 0 Å². The molecule has 10 nitrogen and oxygen atoms in total. The van der Waals surface area contributed by atoms with Crippen LogP contribution in [0.5, 0.6) is 0 Å². The van der Waals surface area contributed by atoms with Crippen LogP contribution in [0, 0.1) is 0 Å². The smallest absolute Gasteiger partial charge is 0.462 e. The number of likely N-dealkylation sites (N-methyl/N-ethyl adjacent to an activating group) is 1. The molecule has 0 heterocycles. The molecule has 0 aromatic rings. The van der Waals surface area contributed by atoms with E-state index in [1.165, 1.54) is 77.0 Å². The van der Waals surface area contributed by atoms with Crippen LogP contribution in [0.1, 0.15) is 162 Å². The quantitative estimate of drug-likeness (QED) is 0.0157. The number of rotatable bonds is 38. The number of hydrogen-bond acceptors (Lipinski definition) is 8. The monoisotopic (exact) mass is 799 g/mol. The van der Waals surface area contributed by atoms with E-state index < -0.39 is 38.6 Å². The van der Waals surface area contributed by atoms with Crippen LogP contribution >= 0.6 is 7.82 Å². The molecule has 0 saturated heterocycles. The standard InChI is InChI=1S/C44H80NO9P/c1-6-8-10-12-14-16-18-20-22-24-26-28-30-33-41(46)34-32-36-44(48)54-42(40-53-55(49,50)52-38-37-45(3,4)5)39-51-43(47)35-31-29-27-25-23-21-19-17-15-13-11-9-7-2/h14,16,20,22,26,28,30,33,41-42,46H,6-13,15,17-19,21,23-25,27,29,31-32,34-40H2,1-5H3/p+1/b16-14+,22-20+,28-26+,33-30+. The molecule has 3 atom stereocenters. The van der Waals surface area contributed by atoms with Gasteiger partial charge in [0.2, 0.25) is 0 Å². The molecule has 0 bridgehead atoms. The summed E-state index contributed by atoms with van der Waals surface area (Å²) in [6.07, 6.45) is 37.6. The summed E-state index contributed by atoms with van der Waals surface area (Å²) in [5.41, 5.74) is 0. The summed E-state index contributed by atoms with van der Waals surface area (Å²) in [4.78, 5) is 35.3. The van der Waals surface area contributed by atoms with Crippen molar-refractivity contribution in [1.29, 1.82) is 0 Å². The zero-order valence-electron chi connectivity index (χ0n) is 35.5. The van der Waals surface area contributed by atoms with Crippen LogP contribution in [-0.4, -0.2) is 86.1 Å². The average Bonchev–Trinajstić information content (AvgIpc) is 3.12. The summed E-state index contributed by atoms with van der Waals surface area (Å²) in [6.45, 7) is 4.16. The topological polar surface area (TPSA) is 129 Å². The molecule has 0 saturated carbocycles. The third kappa shape index (κ3) is 39.9. The van der Waals surface area contributed by atoms with Gasteiger partial charge < -0.3 is 24.0 Å². The predicted octanol–water partition coefficient (Wildman–Crippen LogP) is 10.9.